The molecular formula is C30H24N2O5. The molecule has 4 bridgehead atoms. The van der Waals surface area contributed by atoms with Crippen molar-refractivity contribution in [1.29, 1.82) is 0 Å². The summed E-state index contributed by atoms with van der Waals surface area (Å²) in [6, 6.07) is 13.9. The predicted molar refractivity (Wildman–Crippen MR) is 133 cm³/mol. The van der Waals surface area contributed by atoms with Crippen LogP contribution in [0.3, 0.4) is 0 Å². The van der Waals surface area contributed by atoms with Gasteiger partial charge in [-0.2, -0.15) is 0 Å². The van der Waals surface area contributed by atoms with Crippen molar-refractivity contribution >= 4 is 35.0 Å². The minimum atomic E-state index is -0.260. The molecule has 184 valence electrons. The third kappa shape index (κ3) is 2.77. The summed E-state index contributed by atoms with van der Waals surface area (Å²) in [4.78, 5) is 55.4. The summed E-state index contributed by atoms with van der Waals surface area (Å²) in [7, 11) is 0. The molecule has 2 aliphatic heterocycles. The van der Waals surface area contributed by atoms with Gasteiger partial charge in [-0.3, -0.25) is 19.2 Å². The van der Waals surface area contributed by atoms with Crippen molar-refractivity contribution in [3.63, 3.8) is 0 Å². The number of rotatable bonds is 4. The fourth-order valence-corrected chi connectivity index (χ4v) is 7.82. The van der Waals surface area contributed by atoms with E-state index in [0.717, 1.165) is 12.8 Å². The van der Waals surface area contributed by atoms with E-state index in [1.165, 1.54) is 9.80 Å². The zero-order valence-electron chi connectivity index (χ0n) is 19.9. The summed E-state index contributed by atoms with van der Waals surface area (Å²) in [6.45, 7) is 0. The molecule has 2 aromatic carbocycles. The van der Waals surface area contributed by atoms with E-state index in [9.17, 15) is 19.2 Å². The summed E-state index contributed by atoms with van der Waals surface area (Å²) < 4.78 is 6.09. The summed E-state index contributed by atoms with van der Waals surface area (Å²) in [5.41, 5.74) is 0.997. The highest BCUT2D eigenvalue weighted by Crippen LogP contribution is 2.54. The summed E-state index contributed by atoms with van der Waals surface area (Å²) in [6.07, 6.45) is 10.1. The molecule has 0 N–H and O–H groups in total. The van der Waals surface area contributed by atoms with E-state index < -0.39 is 0 Å². The lowest BCUT2D eigenvalue weighted by Crippen LogP contribution is -2.32. The third-order valence-corrected chi connectivity index (χ3v) is 9.33. The molecule has 2 saturated carbocycles. The van der Waals surface area contributed by atoms with E-state index in [1.807, 2.05) is 0 Å². The Morgan fingerprint density at radius 1 is 0.541 bits per heavy atom. The summed E-state index contributed by atoms with van der Waals surface area (Å²) in [5, 5.41) is 0. The van der Waals surface area contributed by atoms with E-state index in [1.54, 1.807) is 48.5 Å². The molecular weight excluding hydrogens is 468 g/mol. The number of amides is 4. The van der Waals surface area contributed by atoms with Crippen LogP contribution in [0.15, 0.2) is 72.8 Å². The molecule has 0 spiro atoms. The molecule has 7 unspecified atom stereocenters. The second-order valence-corrected chi connectivity index (χ2v) is 11.1. The zero-order chi connectivity index (χ0) is 25.0. The van der Waals surface area contributed by atoms with Crippen LogP contribution in [0.5, 0.6) is 11.5 Å². The molecule has 7 heteroatoms. The normalized spacial score (nSPS) is 36.3. The van der Waals surface area contributed by atoms with Crippen LogP contribution in [-0.2, 0) is 19.2 Å². The van der Waals surface area contributed by atoms with Gasteiger partial charge in [-0.1, -0.05) is 36.4 Å². The number of benzene rings is 2. The Balaban J connectivity index is 1.05. The predicted octanol–water partition coefficient (Wildman–Crippen LogP) is 4.10. The van der Waals surface area contributed by atoms with Gasteiger partial charge in [0.2, 0.25) is 23.6 Å². The first-order valence-corrected chi connectivity index (χ1v) is 13.0. The number of imide groups is 2. The Bertz CT molecular complexity index is 1310. The van der Waals surface area contributed by atoms with Crippen molar-refractivity contribution in [1.82, 2.24) is 0 Å². The van der Waals surface area contributed by atoms with Crippen molar-refractivity contribution in [2.75, 3.05) is 9.80 Å². The topological polar surface area (TPSA) is 84.0 Å². The largest absolute Gasteiger partial charge is 0.457 e. The standard InChI is InChI=1S/C30H24N2O5/c33-27-23-15-7-8-16(11-15)24(23)28(34)31(27)19-3-1-5-21(13-19)37-22-6-2-4-20(14-22)32-29(35)25-17-9-10-18(12-17)26(25)30(32)36/h1-10,13-18,23-26H,11-12H2/t15-,16?,17?,18?,23?,24?,25?,26?/m1/s1. The third-order valence-electron chi connectivity index (χ3n) is 9.33. The lowest BCUT2D eigenvalue weighted by molar-refractivity contribution is -0.124. The maximum atomic E-state index is 13.2. The first-order chi connectivity index (χ1) is 18.0. The van der Waals surface area contributed by atoms with Crippen LogP contribution < -0.4 is 14.5 Å². The number of carbonyl (C=O) groups is 4. The molecule has 0 aromatic heterocycles. The highest BCUT2D eigenvalue weighted by Gasteiger charge is 2.60. The number of carbonyl (C=O) groups excluding carboxylic acids is 4. The average Bonchev–Trinajstić information content (AvgIpc) is 3.73. The van der Waals surface area contributed by atoms with Crippen molar-refractivity contribution < 1.29 is 23.9 Å². The number of fused-ring (bicyclic) bond motifs is 10. The van der Waals surface area contributed by atoms with Gasteiger partial charge in [0.1, 0.15) is 11.5 Å². The van der Waals surface area contributed by atoms with Gasteiger partial charge in [-0.15, -0.1) is 0 Å². The number of anilines is 2. The molecule has 6 aliphatic rings. The Labute approximate surface area is 213 Å². The molecule has 2 heterocycles. The van der Waals surface area contributed by atoms with Crippen molar-refractivity contribution in [3.8, 4) is 11.5 Å². The Kier molecular flexibility index (Phi) is 4.15. The van der Waals surface area contributed by atoms with Crippen LogP contribution in [0.4, 0.5) is 11.4 Å². The molecule has 0 radical (unpaired) electrons. The van der Waals surface area contributed by atoms with Gasteiger partial charge < -0.3 is 4.74 Å². The lowest BCUT2D eigenvalue weighted by atomic mass is 9.85. The highest BCUT2D eigenvalue weighted by atomic mass is 16.5. The fourth-order valence-electron chi connectivity index (χ4n) is 7.82. The Morgan fingerprint density at radius 2 is 0.892 bits per heavy atom. The van der Waals surface area contributed by atoms with Gasteiger partial charge in [-0.05, 0) is 60.8 Å². The van der Waals surface area contributed by atoms with E-state index in [0.29, 0.717) is 22.9 Å². The molecule has 4 amide bonds. The highest BCUT2D eigenvalue weighted by molar-refractivity contribution is 6.23. The van der Waals surface area contributed by atoms with Gasteiger partial charge >= 0.3 is 0 Å². The monoisotopic (exact) mass is 492 g/mol. The van der Waals surface area contributed by atoms with Gasteiger partial charge in [0.05, 0.1) is 35.0 Å². The maximum Gasteiger partial charge on any atom is 0.238 e. The molecule has 8 rings (SSSR count). The number of allylic oxidation sites excluding steroid dienone is 4. The second-order valence-electron chi connectivity index (χ2n) is 11.1. The molecule has 2 saturated heterocycles. The van der Waals surface area contributed by atoms with Crippen molar-refractivity contribution in [2.45, 2.75) is 12.8 Å². The maximum absolute atomic E-state index is 13.2. The minimum Gasteiger partial charge on any atom is -0.457 e. The molecule has 37 heavy (non-hydrogen) atoms. The molecule has 8 atom stereocenters. The van der Waals surface area contributed by atoms with Crippen LogP contribution in [0.1, 0.15) is 12.8 Å². The van der Waals surface area contributed by atoms with E-state index >= 15 is 0 Å². The first-order valence-electron chi connectivity index (χ1n) is 13.0. The molecule has 2 aromatic rings. The average molecular weight is 493 g/mol. The Hall–Kier alpha value is -4.00. The summed E-state index contributed by atoms with van der Waals surface area (Å²) in [5.74, 6) is -0.0325. The number of nitrogens with zero attached hydrogens (tertiary/aromatic N) is 2. The second kappa shape index (κ2) is 7.28. The molecule has 7 nitrogen and oxygen atoms in total. The van der Waals surface area contributed by atoms with Crippen LogP contribution >= 0.6 is 0 Å². The molecule has 4 aliphatic carbocycles. The van der Waals surface area contributed by atoms with Crippen LogP contribution in [-0.4, -0.2) is 23.6 Å². The minimum absolute atomic E-state index is 0.133. The quantitative estimate of drug-likeness (QED) is 0.474. The smallest absolute Gasteiger partial charge is 0.238 e. The van der Waals surface area contributed by atoms with E-state index in [2.05, 4.69) is 24.3 Å². The van der Waals surface area contributed by atoms with Gasteiger partial charge in [0.15, 0.2) is 0 Å². The van der Waals surface area contributed by atoms with Gasteiger partial charge in [0, 0.05) is 12.1 Å². The summed E-state index contributed by atoms with van der Waals surface area (Å²) >= 11 is 0. The van der Waals surface area contributed by atoms with Crippen LogP contribution in [0, 0.1) is 47.3 Å². The van der Waals surface area contributed by atoms with Crippen molar-refractivity contribution in [3.05, 3.63) is 72.8 Å². The number of ether oxygens (including phenoxy) is 1. The lowest BCUT2D eigenvalue weighted by Gasteiger charge is -2.19. The Morgan fingerprint density at radius 3 is 1.24 bits per heavy atom. The number of hydrogen-bond donors (Lipinski definition) is 0. The van der Waals surface area contributed by atoms with Gasteiger partial charge in [0.25, 0.3) is 0 Å². The van der Waals surface area contributed by atoms with Gasteiger partial charge in [-0.25, -0.2) is 9.80 Å². The van der Waals surface area contributed by atoms with Crippen LogP contribution in [0.2, 0.25) is 0 Å². The SMILES string of the molecule is O=C1C2C3C=CC(C3)C2C(=O)N1c1cccc(Oc2cccc(N3C(=O)C4C5C=C[C@H](C5)C4C3=O)c2)c1. The van der Waals surface area contributed by atoms with Crippen LogP contribution in [0.25, 0.3) is 0 Å². The first kappa shape index (κ1) is 21.1. The zero-order valence-corrected chi connectivity index (χ0v) is 19.9. The molecule has 4 fully saturated rings. The number of hydrogen-bond acceptors (Lipinski definition) is 5. The van der Waals surface area contributed by atoms with E-state index in [4.69, 9.17) is 4.74 Å². The van der Waals surface area contributed by atoms with Crippen molar-refractivity contribution in [2.24, 2.45) is 47.3 Å². The fraction of sp³-hybridized carbons (Fsp3) is 0.333. The van der Waals surface area contributed by atoms with E-state index in [-0.39, 0.29) is 71.0 Å².